The van der Waals surface area contributed by atoms with Gasteiger partial charge in [0, 0.05) is 16.9 Å². The average Bonchev–Trinajstić information content (AvgIpc) is 2.29. The van der Waals surface area contributed by atoms with Crippen LogP contribution in [-0.4, -0.2) is 9.97 Å². The average molecular weight is 282 g/mol. The van der Waals surface area contributed by atoms with E-state index in [0.29, 0.717) is 11.3 Å². The molecule has 0 aliphatic heterocycles. The molecule has 3 nitrogen and oxygen atoms in total. The largest absolute Gasteiger partial charge is 0.319 e. The first-order chi connectivity index (χ1) is 7.66. The van der Waals surface area contributed by atoms with E-state index in [1.165, 1.54) is 12.3 Å². The first-order valence-corrected chi connectivity index (χ1v) is 5.43. The van der Waals surface area contributed by atoms with Crippen LogP contribution in [0.5, 0.6) is 0 Å². The number of halogens is 2. The Balaban J connectivity index is 2.31. The van der Waals surface area contributed by atoms with E-state index in [4.69, 9.17) is 5.73 Å². The fourth-order valence-electron chi connectivity index (χ4n) is 1.34. The minimum Gasteiger partial charge on any atom is -0.319 e. The van der Waals surface area contributed by atoms with E-state index in [-0.39, 0.29) is 0 Å². The van der Waals surface area contributed by atoms with E-state index in [2.05, 4.69) is 25.9 Å². The Morgan fingerprint density at radius 3 is 2.69 bits per heavy atom. The molecule has 0 aliphatic carbocycles. The van der Waals surface area contributed by atoms with Crippen LogP contribution >= 0.6 is 15.9 Å². The van der Waals surface area contributed by atoms with Crippen molar-refractivity contribution in [3.05, 3.63) is 58.3 Å². The highest BCUT2D eigenvalue weighted by Gasteiger charge is 2.11. The Kier molecular flexibility index (Phi) is 3.26. The molecule has 2 rings (SSSR count). The van der Waals surface area contributed by atoms with Crippen molar-refractivity contribution in [1.82, 2.24) is 9.97 Å². The molecule has 0 saturated heterocycles. The second-order valence-electron chi connectivity index (χ2n) is 3.32. The van der Waals surface area contributed by atoms with E-state index in [1.807, 2.05) is 6.07 Å². The molecule has 2 N–H and O–H groups in total. The molecule has 16 heavy (non-hydrogen) atoms. The molecule has 5 heteroatoms. The summed E-state index contributed by atoms with van der Waals surface area (Å²) in [4.78, 5) is 7.92. The fourth-order valence-corrected chi connectivity index (χ4v) is 1.57. The van der Waals surface area contributed by atoms with Crippen LogP contribution < -0.4 is 5.73 Å². The first-order valence-electron chi connectivity index (χ1n) is 4.64. The molecule has 0 radical (unpaired) electrons. The number of aromatic nitrogens is 2. The molecule has 0 aromatic carbocycles. The zero-order valence-corrected chi connectivity index (χ0v) is 9.86. The third-order valence-electron chi connectivity index (χ3n) is 2.15. The predicted molar refractivity (Wildman–Crippen MR) is 62.2 cm³/mol. The van der Waals surface area contributed by atoms with Gasteiger partial charge in [-0.15, -0.1) is 0 Å². The summed E-state index contributed by atoms with van der Waals surface area (Å²) in [5.74, 6) is -0.398. The molecular formula is C11H9BrFN3. The van der Waals surface area contributed by atoms with Crippen molar-refractivity contribution in [3.8, 4) is 0 Å². The van der Waals surface area contributed by atoms with Gasteiger partial charge in [-0.3, -0.25) is 9.97 Å². The summed E-state index contributed by atoms with van der Waals surface area (Å²) in [6, 6.07) is 4.53. The van der Waals surface area contributed by atoms with E-state index in [0.717, 1.165) is 10.7 Å². The molecule has 2 aromatic heterocycles. The van der Waals surface area contributed by atoms with E-state index in [9.17, 15) is 4.39 Å². The van der Waals surface area contributed by atoms with Gasteiger partial charge in [-0.25, -0.2) is 4.39 Å². The predicted octanol–water partition coefficient (Wildman–Crippen LogP) is 2.43. The van der Waals surface area contributed by atoms with Crippen molar-refractivity contribution >= 4 is 15.9 Å². The number of nitrogens with two attached hydrogens (primary N) is 1. The minimum absolute atomic E-state index is 0.398. The zero-order chi connectivity index (χ0) is 11.5. The lowest BCUT2D eigenvalue weighted by Crippen LogP contribution is -2.13. The van der Waals surface area contributed by atoms with Gasteiger partial charge >= 0.3 is 0 Å². The number of rotatable bonds is 2. The van der Waals surface area contributed by atoms with E-state index >= 15 is 0 Å². The number of hydrogen-bond donors (Lipinski definition) is 1. The third kappa shape index (κ3) is 2.43. The number of hydrogen-bond acceptors (Lipinski definition) is 3. The molecule has 2 aromatic rings. The molecule has 0 aliphatic rings. The molecule has 0 spiro atoms. The minimum atomic E-state index is -0.462. The van der Waals surface area contributed by atoms with Gasteiger partial charge < -0.3 is 5.73 Å². The van der Waals surface area contributed by atoms with Gasteiger partial charge in [0.2, 0.25) is 0 Å². The Morgan fingerprint density at radius 2 is 2.06 bits per heavy atom. The smallest absolute Gasteiger partial charge is 0.141 e. The maximum absolute atomic E-state index is 13.0. The Hall–Kier alpha value is -1.33. The van der Waals surface area contributed by atoms with Crippen LogP contribution in [0.25, 0.3) is 0 Å². The third-order valence-corrected chi connectivity index (χ3v) is 2.62. The van der Waals surface area contributed by atoms with Crippen LogP contribution in [0.15, 0.2) is 41.3 Å². The van der Waals surface area contributed by atoms with Gasteiger partial charge in [0.15, 0.2) is 0 Å². The van der Waals surface area contributed by atoms with Gasteiger partial charge in [-0.2, -0.15) is 0 Å². The molecule has 0 fully saturated rings. The molecule has 0 amide bonds. The van der Waals surface area contributed by atoms with Crippen LogP contribution in [0.4, 0.5) is 4.39 Å². The number of nitrogens with zero attached hydrogens (tertiary/aromatic N) is 2. The van der Waals surface area contributed by atoms with Crippen molar-refractivity contribution in [3.63, 3.8) is 0 Å². The van der Waals surface area contributed by atoms with Gasteiger partial charge in [-0.1, -0.05) is 0 Å². The summed E-state index contributed by atoms with van der Waals surface area (Å²) in [6.07, 6.45) is 4.34. The van der Waals surface area contributed by atoms with Gasteiger partial charge in [-0.05, 0) is 39.7 Å². The summed E-state index contributed by atoms with van der Waals surface area (Å²) >= 11 is 3.29. The lowest BCUT2D eigenvalue weighted by Gasteiger charge is -2.10. The van der Waals surface area contributed by atoms with Crippen molar-refractivity contribution in [2.75, 3.05) is 0 Å². The van der Waals surface area contributed by atoms with Crippen LogP contribution in [0.1, 0.15) is 17.3 Å². The molecule has 82 valence electrons. The topological polar surface area (TPSA) is 51.8 Å². The normalized spacial score (nSPS) is 12.4. The summed E-state index contributed by atoms with van der Waals surface area (Å²) in [5, 5.41) is 0. The van der Waals surface area contributed by atoms with Crippen molar-refractivity contribution in [1.29, 1.82) is 0 Å². The van der Waals surface area contributed by atoms with E-state index < -0.39 is 11.9 Å². The van der Waals surface area contributed by atoms with Crippen LogP contribution in [0.2, 0.25) is 0 Å². The first kappa shape index (κ1) is 11.2. The Labute approximate surface area is 101 Å². The SMILES string of the molecule is NC(c1cncc(F)c1)c1ccc(Br)cn1. The molecule has 1 unspecified atom stereocenters. The van der Waals surface area contributed by atoms with Gasteiger partial charge in [0.1, 0.15) is 5.82 Å². The lowest BCUT2D eigenvalue weighted by atomic mass is 10.1. The van der Waals surface area contributed by atoms with Gasteiger partial charge in [0.25, 0.3) is 0 Å². The van der Waals surface area contributed by atoms with Crippen molar-refractivity contribution < 1.29 is 4.39 Å². The summed E-state index contributed by atoms with van der Waals surface area (Å²) in [6.45, 7) is 0. The number of pyridine rings is 2. The molecule has 0 saturated carbocycles. The van der Waals surface area contributed by atoms with Gasteiger partial charge in [0.05, 0.1) is 17.9 Å². The second-order valence-corrected chi connectivity index (χ2v) is 4.23. The van der Waals surface area contributed by atoms with E-state index in [1.54, 1.807) is 12.3 Å². The van der Waals surface area contributed by atoms with Crippen LogP contribution in [-0.2, 0) is 0 Å². The Morgan fingerprint density at radius 1 is 1.25 bits per heavy atom. The summed E-state index contributed by atoms with van der Waals surface area (Å²) in [7, 11) is 0. The van der Waals surface area contributed by atoms with Crippen LogP contribution in [0, 0.1) is 5.82 Å². The second kappa shape index (κ2) is 4.67. The van der Waals surface area contributed by atoms with Crippen molar-refractivity contribution in [2.24, 2.45) is 5.73 Å². The van der Waals surface area contributed by atoms with Crippen molar-refractivity contribution in [2.45, 2.75) is 6.04 Å². The molecule has 0 bridgehead atoms. The summed E-state index contributed by atoms with van der Waals surface area (Å²) < 4.78 is 13.8. The maximum atomic E-state index is 13.0. The quantitative estimate of drug-likeness (QED) is 0.920. The van der Waals surface area contributed by atoms with Crippen LogP contribution in [0.3, 0.4) is 0 Å². The molecule has 2 heterocycles. The standard InChI is InChI=1S/C11H9BrFN3/c12-8-1-2-10(16-5-8)11(14)7-3-9(13)6-15-4-7/h1-6,11H,14H2. The highest BCUT2D eigenvalue weighted by atomic mass is 79.9. The maximum Gasteiger partial charge on any atom is 0.141 e. The Bertz CT molecular complexity index is 487. The zero-order valence-electron chi connectivity index (χ0n) is 8.27. The monoisotopic (exact) mass is 281 g/mol. The fraction of sp³-hybridized carbons (Fsp3) is 0.0909. The lowest BCUT2D eigenvalue weighted by molar-refractivity contribution is 0.615. The molecule has 1 atom stereocenters. The molecular weight excluding hydrogens is 273 g/mol. The highest BCUT2D eigenvalue weighted by molar-refractivity contribution is 9.10. The highest BCUT2D eigenvalue weighted by Crippen LogP contribution is 2.18. The summed E-state index contributed by atoms with van der Waals surface area (Å²) in [5.41, 5.74) is 7.23.